The molecule has 6 nitrogen and oxygen atoms in total. The highest BCUT2D eigenvalue weighted by Gasteiger charge is 2.34. The van der Waals surface area contributed by atoms with E-state index < -0.39 is 40.3 Å². The van der Waals surface area contributed by atoms with Crippen LogP contribution in [0.1, 0.15) is 55.6 Å². The van der Waals surface area contributed by atoms with Gasteiger partial charge in [-0.15, -0.1) is 0 Å². The lowest BCUT2D eigenvalue weighted by atomic mass is 10.0. The zero-order valence-corrected chi connectivity index (χ0v) is 21.4. The van der Waals surface area contributed by atoms with Gasteiger partial charge in [-0.1, -0.05) is 13.0 Å². The first kappa shape index (κ1) is 29.3. The van der Waals surface area contributed by atoms with Crippen molar-refractivity contribution < 1.29 is 31.4 Å². The molecule has 0 aliphatic heterocycles. The molecule has 2 unspecified atom stereocenters. The summed E-state index contributed by atoms with van der Waals surface area (Å²) in [6, 6.07) is 5.07. The molecule has 1 amide bonds. The molecule has 0 aliphatic carbocycles. The molecule has 2 rings (SSSR count). The lowest BCUT2D eigenvalue weighted by Gasteiger charge is -2.30. The predicted octanol–water partition coefficient (Wildman–Crippen LogP) is 5.15. The minimum atomic E-state index is -4.89. The lowest BCUT2D eigenvalue weighted by Crippen LogP contribution is -2.44. The van der Waals surface area contributed by atoms with Crippen LogP contribution in [0.4, 0.5) is 23.4 Å². The standard InChI is InChI=1S/C25H29F4N3O3S/c1-5-36(35)13-7-12-32(17(3)16(2)31-24-20(18(4)33)8-6-11-30-24)23(34)15-19-9-10-22(26)21(14-19)25(27,28)29/h6,8-11,14,17H,5,7,12-13,15H2,1-4H3/b31-16+. The molecule has 0 saturated heterocycles. The second-order valence-corrected chi connectivity index (χ2v) is 10.1. The van der Waals surface area contributed by atoms with Crippen LogP contribution in [0, 0.1) is 5.82 Å². The molecule has 196 valence electrons. The van der Waals surface area contributed by atoms with E-state index in [-0.39, 0.29) is 30.1 Å². The van der Waals surface area contributed by atoms with E-state index >= 15 is 0 Å². The van der Waals surface area contributed by atoms with Crippen molar-refractivity contribution in [3.63, 3.8) is 0 Å². The zero-order valence-electron chi connectivity index (χ0n) is 20.6. The van der Waals surface area contributed by atoms with Crippen LogP contribution >= 0.6 is 0 Å². The number of nitrogens with zero attached hydrogens (tertiary/aromatic N) is 3. The van der Waals surface area contributed by atoms with Gasteiger partial charge in [0.1, 0.15) is 5.82 Å². The zero-order chi connectivity index (χ0) is 27.0. The maximum Gasteiger partial charge on any atom is 0.419 e. The molecular formula is C25H29F4N3O3S. The molecule has 1 aromatic heterocycles. The number of rotatable bonds is 11. The van der Waals surface area contributed by atoms with Gasteiger partial charge in [0.25, 0.3) is 0 Å². The van der Waals surface area contributed by atoms with Crippen LogP contribution in [0.2, 0.25) is 0 Å². The first-order valence-electron chi connectivity index (χ1n) is 11.4. The van der Waals surface area contributed by atoms with Crippen molar-refractivity contribution in [3.05, 3.63) is 59.0 Å². The van der Waals surface area contributed by atoms with Gasteiger partial charge < -0.3 is 4.90 Å². The summed E-state index contributed by atoms with van der Waals surface area (Å²) < 4.78 is 64.9. The summed E-state index contributed by atoms with van der Waals surface area (Å²) in [4.78, 5) is 35.2. The SMILES string of the molecule is CCS(=O)CCCN(C(=O)Cc1ccc(F)c(C(F)(F)F)c1)C(C)/C(C)=N/c1ncccc1C(C)=O. The normalized spacial score (nSPS) is 13.8. The van der Waals surface area contributed by atoms with Crippen LogP contribution in [-0.2, 0) is 28.2 Å². The summed E-state index contributed by atoms with van der Waals surface area (Å²) in [5.74, 6) is -1.12. The van der Waals surface area contributed by atoms with Gasteiger partial charge in [-0.3, -0.25) is 13.8 Å². The number of halogens is 4. The van der Waals surface area contributed by atoms with E-state index in [0.29, 0.717) is 41.3 Å². The van der Waals surface area contributed by atoms with Gasteiger partial charge >= 0.3 is 6.18 Å². The Balaban J connectivity index is 2.34. The van der Waals surface area contributed by atoms with Gasteiger partial charge in [0.2, 0.25) is 5.91 Å². The number of hydrogen-bond acceptors (Lipinski definition) is 5. The van der Waals surface area contributed by atoms with Gasteiger partial charge in [0.15, 0.2) is 11.6 Å². The van der Waals surface area contributed by atoms with Crippen LogP contribution in [0.15, 0.2) is 41.5 Å². The second kappa shape index (κ2) is 12.8. The largest absolute Gasteiger partial charge is 0.419 e. The Morgan fingerprint density at radius 2 is 1.89 bits per heavy atom. The van der Waals surface area contributed by atoms with E-state index in [9.17, 15) is 31.4 Å². The predicted molar refractivity (Wildman–Crippen MR) is 131 cm³/mol. The van der Waals surface area contributed by atoms with Gasteiger partial charge in [-0.05, 0) is 57.0 Å². The van der Waals surface area contributed by atoms with Crippen LogP contribution in [0.3, 0.4) is 0 Å². The fourth-order valence-corrected chi connectivity index (χ4v) is 4.24. The second-order valence-electron chi connectivity index (χ2n) is 8.22. The molecular weight excluding hydrogens is 498 g/mol. The smallest absolute Gasteiger partial charge is 0.334 e. The van der Waals surface area contributed by atoms with Crippen LogP contribution in [0.5, 0.6) is 0 Å². The number of pyridine rings is 1. The molecule has 2 atom stereocenters. The molecule has 1 heterocycles. The molecule has 1 aromatic carbocycles. The molecule has 0 N–H and O–H groups in total. The first-order chi connectivity index (χ1) is 16.8. The number of carbonyl (C=O) groups is 2. The highest BCUT2D eigenvalue weighted by atomic mass is 32.2. The highest BCUT2D eigenvalue weighted by molar-refractivity contribution is 7.84. The van der Waals surface area contributed by atoms with Crippen molar-refractivity contribution in [2.45, 2.75) is 52.8 Å². The fraction of sp³-hybridized carbons (Fsp3) is 0.440. The molecule has 0 saturated carbocycles. The number of hydrogen-bond donors (Lipinski definition) is 0. The average Bonchev–Trinajstić information content (AvgIpc) is 2.81. The van der Waals surface area contributed by atoms with Gasteiger partial charge in [0.05, 0.1) is 23.6 Å². The third kappa shape index (κ3) is 8.04. The Labute approximate surface area is 210 Å². The molecule has 2 aromatic rings. The minimum Gasteiger partial charge on any atom is -0.334 e. The van der Waals surface area contributed by atoms with Crippen LogP contribution in [0.25, 0.3) is 0 Å². The Morgan fingerprint density at radius 1 is 1.19 bits per heavy atom. The molecule has 0 spiro atoms. The third-order valence-corrected chi connectivity index (χ3v) is 7.01. The van der Waals surface area contributed by atoms with Crippen LogP contribution in [-0.4, -0.2) is 55.6 Å². The minimum absolute atomic E-state index is 0.0150. The first-order valence-corrected chi connectivity index (χ1v) is 12.8. The van der Waals surface area contributed by atoms with E-state index in [2.05, 4.69) is 9.98 Å². The number of ketones is 1. The number of amides is 1. The molecule has 0 aliphatic rings. The number of aliphatic imine (C=N–C) groups is 1. The summed E-state index contributed by atoms with van der Waals surface area (Å²) in [6.07, 6.45) is -3.39. The summed E-state index contributed by atoms with van der Waals surface area (Å²) >= 11 is 0. The molecule has 0 radical (unpaired) electrons. The van der Waals surface area contributed by atoms with E-state index in [1.807, 2.05) is 0 Å². The Hall–Kier alpha value is -2.95. The van der Waals surface area contributed by atoms with E-state index in [1.54, 1.807) is 32.9 Å². The number of carbonyl (C=O) groups excluding carboxylic acids is 2. The molecule has 36 heavy (non-hydrogen) atoms. The van der Waals surface area contributed by atoms with Gasteiger partial charge in [-0.25, -0.2) is 14.4 Å². The number of Topliss-reactive ketones (excluding diaryl/α,β-unsaturated/α-hetero) is 1. The molecule has 0 bridgehead atoms. The highest BCUT2D eigenvalue weighted by Crippen LogP contribution is 2.32. The van der Waals surface area contributed by atoms with Crippen molar-refractivity contribution in [3.8, 4) is 0 Å². The average molecular weight is 528 g/mol. The van der Waals surface area contributed by atoms with Crippen molar-refractivity contribution in [1.82, 2.24) is 9.88 Å². The molecule has 11 heteroatoms. The topological polar surface area (TPSA) is 79.7 Å². The van der Waals surface area contributed by atoms with Crippen molar-refractivity contribution in [1.29, 1.82) is 0 Å². The summed E-state index contributed by atoms with van der Waals surface area (Å²) in [5, 5.41) is 0. The summed E-state index contributed by atoms with van der Waals surface area (Å²) in [6.45, 7) is 6.72. The maximum atomic E-state index is 13.7. The van der Waals surface area contributed by atoms with Crippen molar-refractivity contribution in [2.75, 3.05) is 18.1 Å². The number of aromatic nitrogens is 1. The number of benzene rings is 1. The summed E-state index contributed by atoms with van der Waals surface area (Å²) in [7, 11) is -1.06. The third-order valence-electron chi connectivity index (χ3n) is 5.63. The fourth-order valence-electron chi connectivity index (χ4n) is 3.50. The Bertz CT molecular complexity index is 1150. The molecule has 0 fully saturated rings. The monoisotopic (exact) mass is 527 g/mol. The van der Waals surface area contributed by atoms with E-state index in [1.165, 1.54) is 18.0 Å². The van der Waals surface area contributed by atoms with Crippen molar-refractivity contribution >= 4 is 34.0 Å². The van der Waals surface area contributed by atoms with E-state index in [4.69, 9.17) is 0 Å². The number of alkyl halides is 3. The van der Waals surface area contributed by atoms with Crippen LogP contribution < -0.4 is 0 Å². The lowest BCUT2D eigenvalue weighted by molar-refractivity contribution is -0.140. The van der Waals surface area contributed by atoms with Gasteiger partial charge in [0, 0.05) is 40.8 Å². The van der Waals surface area contributed by atoms with E-state index in [0.717, 1.165) is 6.07 Å². The van der Waals surface area contributed by atoms with Gasteiger partial charge in [-0.2, -0.15) is 13.2 Å². The summed E-state index contributed by atoms with van der Waals surface area (Å²) in [5.41, 5.74) is -0.654. The maximum absolute atomic E-state index is 13.7. The van der Waals surface area contributed by atoms with Crippen molar-refractivity contribution in [2.24, 2.45) is 4.99 Å². The Kier molecular flexibility index (Phi) is 10.4. The quantitative estimate of drug-likeness (QED) is 0.230. The Morgan fingerprint density at radius 3 is 2.50 bits per heavy atom.